The van der Waals surface area contributed by atoms with Crippen molar-refractivity contribution < 1.29 is 13.2 Å². The Labute approximate surface area is 114 Å². The van der Waals surface area contributed by atoms with Crippen molar-refractivity contribution in [3.8, 4) is 5.75 Å². The summed E-state index contributed by atoms with van der Waals surface area (Å²) in [7, 11) is -2.18. The minimum absolute atomic E-state index is 0.103. The van der Waals surface area contributed by atoms with Gasteiger partial charge < -0.3 is 10.5 Å². The molecule has 0 saturated carbocycles. The van der Waals surface area contributed by atoms with Crippen LogP contribution in [0.3, 0.4) is 0 Å². The zero-order valence-electron chi connectivity index (χ0n) is 10.0. The Kier molecular flexibility index (Phi) is 3.98. The van der Waals surface area contributed by atoms with Crippen molar-refractivity contribution in [3.63, 3.8) is 0 Å². The Bertz CT molecular complexity index is 669. The molecular formula is C10H12N4O3S2. The number of nitrogen functional groups attached to an aromatic ring is 1. The van der Waals surface area contributed by atoms with E-state index in [1.54, 1.807) is 18.2 Å². The van der Waals surface area contributed by atoms with Crippen LogP contribution in [0.5, 0.6) is 5.75 Å². The van der Waals surface area contributed by atoms with Crippen LogP contribution < -0.4 is 15.2 Å². The number of anilines is 1. The van der Waals surface area contributed by atoms with Crippen molar-refractivity contribution in [1.29, 1.82) is 0 Å². The molecule has 0 aliphatic rings. The van der Waals surface area contributed by atoms with Crippen LogP contribution in [0.1, 0.15) is 5.56 Å². The van der Waals surface area contributed by atoms with Crippen LogP contribution in [0.25, 0.3) is 0 Å². The smallest absolute Gasteiger partial charge is 0.270 e. The van der Waals surface area contributed by atoms with Gasteiger partial charge in [0.1, 0.15) is 5.75 Å². The van der Waals surface area contributed by atoms with Crippen molar-refractivity contribution >= 4 is 26.5 Å². The van der Waals surface area contributed by atoms with E-state index in [4.69, 9.17) is 10.5 Å². The maximum atomic E-state index is 11.9. The first-order valence-electron chi connectivity index (χ1n) is 5.23. The van der Waals surface area contributed by atoms with Crippen molar-refractivity contribution in [1.82, 2.24) is 14.9 Å². The first kappa shape index (κ1) is 13.7. The van der Waals surface area contributed by atoms with E-state index in [1.807, 2.05) is 6.07 Å². The van der Waals surface area contributed by atoms with Crippen LogP contribution in [-0.4, -0.2) is 25.7 Å². The number of sulfonamides is 1. The summed E-state index contributed by atoms with van der Waals surface area (Å²) in [5, 5.41) is 7.09. The first-order chi connectivity index (χ1) is 9.03. The third-order valence-electron chi connectivity index (χ3n) is 2.30. The number of para-hydroxylation sites is 1. The van der Waals surface area contributed by atoms with Crippen LogP contribution in [0.4, 0.5) is 5.13 Å². The monoisotopic (exact) mass is 300 g/mol. The van der Waals surface area contributed by atoms with Gasteiger partial charge in [-0.2, -0.15) is 0 Å². The van der Waals surface area contributed by atoms with E-state index < -0.39 is 10.0 Å². The largest absolute Gasteiger partial charge is 0.496 e. The quantitative estimate of drug-likeness (QED) is 0.837. The summed E-state index contributed by atoms with van der Waals surface area (Å²) in [5.41, 5.74) is 6.09. The van der Waals surface area contributed by atoms with Gasteiger partial charge in [0.05, 0.1) is 7.11 Å². The molecule has 0 aliphatic carbocycles. The molecule has 0 amide bonds. The third kappa shape index (κ3) is 3.19. The summed E-state index contributed by atoms with van der Waals surface area (Å²) >= 11 is 0.814. The van der Waals surface area contributed by atoms with E-state index in [0.717, 1.165) is 16.9 Å². The Morgan fingerprint density at radius 3 is 2.74 bits per heavy atom. The maximum Gasteiger partial charge on any atom is 0.270 e. The highest BCUT2D eigenvalue weighted by Gasteiger charge is 2.19. The zero-order valence-corrected chi connectivity index (χ0v) is 11.7. The Balaban J connectivity index is 2.14. The highest BCUT2D eigenvalue weighted by atomic mass is 32.2. The normalized spacial score (nSPS) is 11.4. The summed E-state index contributed by atoms with van der Waals surface area (Å²) < 4.78 is 31.2. The molecule has 0 bridgehead atoms. The molecule has 0 spiro atoms. The van der Waals surface area contributed by atoms with Gasteiger partial charge >= 0.3 is 0 Å². The summed E-state index contributed by atoms with van der Waals surface area (Å²) in [6.45, 7) is 0.103. The van der Waals surface area contributed by atoms with E-state index >= 15 is 0 Å². The van der Waals surface area contributed by atoms with Gasteiger partial charge in [-0.3, -0.25) is 0 Å². The fourth-order valence-corrected chi connectivity index (χ4v) is 3.24. The van der Waals surface area contributed by atoms with Crippen LogP contribution >= 0.6 is 11.3 Å². The second kappa shape index (κ2) is 5.51. The van der Waals surface area contributed by atoms with Crippen molar-refractivity contribution in [2.24, 2.45) is 0 Å². The van der Waals surface area contributed by atoms with Gasteiger partial charge in [0.25, 0.3) is 10.0 Å². The number of ether oxygens (including phenoxy) is 1. The fourth-order valence-electron chi connectivity index (χ4n) is 1.41. The number of aromatic nitrogens is 2. The van der Waals surface area contributed by atoms with Crippen LogP contribution in [0.15, 0.2) is 28.6 Å². The average Bonchev–Trinajstić information content (AvgIpc) is 2.84. The molecule has 19 heavy (non-hydrogen) atoms. The summed E-state index contributed by atoms with van der Waals surface area (Å²) in [6.07, 6.45) is 0. The van der Waals surface area contributed by atoms with Gasteiger partial charge in [0.15, 0.2) is 0 Å². The molecule has 1 aromatic carbocycles. The SMILES string of the molecule is COc1ccccc1CNS(=O)(=O)c1nnc(N)s1. The van der Waals surface area contributed by atoms with E-state index in [9.17, 15) is 8.42 Å². The molecule has 0 radical (unpaired) electrons. The Hall–Kier alpha value is -1.71. The minimum atomic E-state index is -3.70. The van der Waals surface area contributed by atoms with Crippen molar-refractivity contribution in [2.75, 3.05) is 12.8 Å². The molecule has 0 unspecified atom stereocenters. The van der Waals surface area contributed by atoms with Gasteiger partial charge in [-0.25, -0.2) is 13.1 Å². The zero-order chi connectivity index (χ0) is 13.9. The summed E-state index contributed by atoms with van der Waals surface area (Å²) in [5.74, 6) is 0.613. The lowest BCUT2D eigenvalue weighted by atomic mass is 10.2. The van der Waals surface area contributed by atoms with Crippen LogP contribution in [-0.2, 0) is 16.6 Å². The number of benzene rings is 1. The maximum absolute atomic E-state index is 11.9. The number of nitrogens with one attached hydrogen (secondary N) is 1. The van der Waals surface area contributed by atoms with Crippen molar-refractivity contribution in [2.45, 2.75) is 10.9 Å². The molecule has 102 valence electrons. The Morgan fingerprint density at radius 2 is 2.11 bits per heavy atom. The topological polar surface area (TPSA) is 107 Å². The summed E-state index contributed by atoms with van der Waals surface area (Å²) in [6, 6.07) is 7.14. The molecule has 0 aliphatic heterocycles. The third-order valence-corrected chi connectivity index (χ3v) is 4.82. The lowest BCUT2D eigenvalue weighted by molar-refractivity contribution is 0.409. The van der Waals surface area contributed by atoms with E-state index in [2.05, 4.69) is 14.9 Å². The number of nitrogens with two attached hydrogens (primary N) is 1. The number of hydrogen-bond donors (Lipinski definition) is 2. The van der Waals surface area contributed by atoms with Crippen LogP contribution in [0, 0.1) is 0 Å². The standard InChI is InChI=1S/C10H12N4O3S2/c1-17-8-5-3-2-4-7(8)6-12-19(15,16)10-14-13-9(11)18-10/h2-5,12H,6H2,1H3,(H2,11,13). The van der Waals surface area contributed by atoms with Crippen LogP contribution in [0.2, 0.25) is 0 Å². The minimum Gasteiger partial charge on any atom is -0.496 e. The molecule has 0 saturated heterocycles. The highest BCUT2D eigenvalue weighted by molar-refractivity contribution is 7.91. The molecule has 1 heterocycles. The molecule has 3 N–H and O–H groups in total. The molecule has 9 heteroatoms. The molecule has 1 aromatic heterocycles. The number of rotatable bonds is 5. The van der Waals surface area contributed by atoms with E-state index in [1.165, 1.54) is 7.11 Å². The highest BCUT2D eigenvalue weighted by Crippen LogP contribution is 2.19. The predicted octanol–water partition coefficient (Wildman–Crippen LogP) is 0.607. The molecule has 2 aromatic rings. The van der Waals surface area contributed by atoms with Gasteiger partial charge in [-0.1, -0.05) is 29.5 Å². The molecular weight excluding hydrogens is 288 g/mol. The molecule has 2 rings (SSSR count). The van der Waals surface area contributed by atoms with Gasteiger partial charge in [0.2, 0.25) is 9.47 Å². The second-order valence-corrected chi connectivity index (χ2v) is 6.49. The van der Waals surface area contributed by atoms with Crippen molar-refractivity contribution in [3.05, 3.63) is 29.8 Å². The first-order valence-corrected chi connectivity index (χ1v) is 7.53. The summed E-state index contributed by atoms with van der Waals surface area (Å²) in [4.78, 5) is 0. The van der Waals surface area contributed by atoms with Gasteiger partial charge in [0, 0.05) is 12.1 Å². The van der Waals surface area contributed by atoms with Gasteiger partial charge in [-0.15, -0.1) is 10.2 Å². The average molecular weight is 300 g/mol. The molecule has 0 fully saturated rings. The second-order valence-electron chi connectivity index (χ2n) is 3.54. The Morgan fingerprint density at radius 1 is 1.37 bits per heavy atom. The number of methoxy groups -OCH3 is 1. The predicted molar refractivity (Wildman–Crippen MR) is 71.3 cm³/mol. The molecule has 0 atom stereocenters. The molecule has 7 nitrogen and oxygen atoms in total. The number of nitrogens with zero attached hydrogens (tertiary/aromatic N) is 2. The van der Waals surface area contributed by atoms with E-state index in [0.29, 0.717) is 5.75 Å². The lowest BCUT2D eigenvalue weighted by Crippen LogP contribution is -2.23. The van der Waals surface area contributed by atoms with E-state index in [-0.39, 0.29) is 16.0 Å². The van der Waals surface area contributed by atoms with Gasteiger partial charge in [-0.05, 0) is 6.07 Å². The number of hydrogen-bond acceptors (Lipinski definition) is 7. The fraction of sp³-hybridized carbons (Fsp3) is 0.200. The lowest BCUT2D eigenvalue weighted by Gasteiger charge is -2.08.